The van der Waals surface area contributed by atoms with E-state index in [4.69, 9.17) is 20.8 Å². The van der Waals surface area contributed by atoms with Crippen LogP contribution < -0.4 is 4.74 Å². The Labute approximate surface area is 160 Å². The third kappa shape index (κ3) is 3.64. The number of thiophene rings is 1. The van der Waals surface area contributed by atoms with Crippen molar-refractivity contribution in [1.82, 2.24) is 9.97 Å². The molecule has 4 aromatic rings. The Bertz CT molecular complexity index is 1000. The van der Waals surface area contributed by atoms with Gasteiger partial charge in [-0.25, -0.2) is 4.98 Å². The van der Waals surface area contributed by atoms with Crippen LogP contribution in [0, 0.1) is 5.92 Å². The van der Waals surface area contributed by atoms with Crippen LogP contribution >= 0.6 is 22.9 Å². The lowest BCUT2D eigenvalue weighted by atomic mass is 10.1. The van der Waals surface area contributed by atoms with Crippen molar-refractivity contribution in [2.75, 3.05) is 6.61 Å². The normalized spacial score (nSPS) is 11.5. The van der Waals surface area contributed by atoms with E-state index in [0.29, 0.717) is 24.0 Å². The Morgan fingerprint density at radius 3 is 2.92 bits per heavy atom. The molecule has 26 heavy (non-hydrogen) atoms. The van der Waals surface area contributed by atoms with Gasteiger partial charge in [-0.15, -0.1) is 11.3 Å². The fourth-order valence-corrected chi connectivity index (χ4v) is 3.62. The Morgan fingerprint density at radius 2 is 2.12 bits per heavy atom. The minimum Gasteiger partial charge on any atom is -0.493 e. The van der Waals surface area contributed by atoms with Gasteiger partial charge in [-0.2, -0.15) is 0 Å². The van der Waals surface area contributed by atoms with Crippen LogP contribution in [0.2, 0.25) is 5.02 Å². The van der Waals surface area contributed by atoms with Gasteiger partial charge in [0.1, 0.15) is 11.5 Å². The van der Waals surface area contributed by atoms with Crippen LogP contribution in [-0.4, -0.2) is 16.6 Å². The van der Waals surface area contributed by atoms with Crippen molar-refractivity contribution < 1.29 is 9.15 Å². The van der Waals surface area contributed by atoms with Gasteiger partial charge in [0.05, 0.1) is 17.6 Å². The zero-order valence-electron chi connectivity index (χ0n) is 14.6. The molecule has 0 saturated heterocycles. The zero-order valence-corrected chi connectivity index (χ0v) is 16.2. The number of imidazole rings is 1. The van der Waals surface area contributed by atoms with Crippen molar-refractivity contribution in [2.24, 2.45) is 5.92 Å². The molecule has 0 amide bonds. The lowest BCUT2D eigenvalue weighted by Gasteiger charge is -2.13. The van der Waals surface area contributed by atoms with Gasteiger partial charge in [0.2, 0.25) is 0 Å². The largest absolute Gasteiger partial charge is 0.493 e. The van der Waals surface area contributed by atoms with E-state index >= 15 is 0 Å². The third-order valence-electron chi connectivity index (χ3n) is 3.98. The Hall–Kier alpha value is -2.24. The summed E-state index contributed by atoms with van der Waals surface area (Å²) in [6.07, 6.45) is 0.614. The summed E-state index contributed by atoms with van der Waals surface area (Å²) < 4.78 is 11.9. The number of nitrogens with zero attached hydrogens (tertiary/aromatic N) is 1. The molecule has 0 aliphatic rings. The molecule has 0 bridgehead atoms. The van der Waals surface area contributed by atoms with E-state index in [0.717, 1.165) is 39.7 Å². The van der Waals surface area contributed by atoms with E-state index in [1.54, 1.807) is 11.3 Å². The molecule has 0 atom stereocenters. The van der Waals surface area contributed by atoms with Gasteiger partial charge in [-0.3, -0.25) is 0 Å². The summed E-state index contributed by atoms with van der Waals surface area (Å²) in [5, 5.41) is 4.75. The van der Waals surface area contributed by atoms with E-state index in [1.807, 2.05) is 41.1 Å². The van der Waals surface area contributed by atoms with Gasteiger partial charge >= 0.3 is 0 Å². The van der Waals surface area contributed by atoms with Crippen LogP contribution in [0.1, 0.15) is 25.2 Å². The second kappa shape index (κ2) is 7.17. The molecule has 1 aromatic carbocycles. The number of aromatic amines is 1. The molecule has 0 unspecified atom stereocenters. The van der Waals surface area contributed by atoms with Gasteiger partial charge < -0.3 is 14.1 Å². The van der Waals surface area contributed by atoms with Crippen molar-refractivity contribution in [1.29, 1.82) is 0 Å². The summed E-state index contributed by atoms with van der Waals surface area (Å²) in [4.78, 5) is 7.84. The molecular weight excluding hydrogens is 368 g/mol. The van der Waals surface area contributed by atoms with E-state index in [1.165, 1.54) is 0 Å². The summed E-state index contributed by atoms with van der Waals surface area (Å²) in [6.45, 7) is 4.92. The van der Waals surface area contributed by atoms with Gasteiger partial charge in [-0.1, -0.05) is 25.4 Å². The van der Waals surface area contributed by atoms with Gasteiger partial charge in [-0.05, 0) is 36.2 Å². The van der Waals surface area contributed by atoms with Crippen molar-refractivity contribution in [3.05, 3.63) is 57.4 Å². The van der Waals surface area contributed by atoms with Crippen LogP contribution in [0.25, 0.3) is 22.6 Å². The van der Waals surface area contributed by atoms with E-state index < -0.39 is 0 Å². The summed E-state index contributed by atoms with van der Waals surface area (Å²) in [7, 11) is 0. The molecule has 1 N–H and O–H groups in total. The molecule has 0 spiro atoms. The van der Waals surface area contributed by atoms with E-state index in [9.17, 15) is 0 Å². The first kappa shape index (κ1) is 17.2. The molecule has 4 nitrogen and oxygen atoms in total. The topological polar surface area (TPSA) is 51.0 Å². The van der Waals surface area contributed by atoms with E-state index in [2.05, 4.69) is 23.8 Å². The summed E-state index contributed by atoms with van der Waals surface area (Å²) in [5.41, 5.74) is 3.00. The summed E-state index contributed by atoms with van der Waals surface area (Å²) in [6, 6.07) is 9.62. The highest BCUT2D eigenvalue weighted by molar-refractivity contribution is 7.09. The first-order chi connectivity index (χ1) is 12.6. The van der Waals surface area contributed by atoms with Crippen molar-refractivity contribution in [3.8, 4) is 17.3 Å². The monoisotopic (exact) mass is 386 g/mol. The number of fused-ring (bicyclic) bond motifs is 1. The number of rotatable bonds is 6. The molecule has 0 radical (unpaired) electrons. The second-order valence-electron chi connectivity index (χ2n) is 6.66. The minimum atomic E-state index is 0.460. The molecule has 0 saturated carbocycles. The molecule has 3 heterocycles. The molecular formula is C20H19ClN2O2S. The van der Waals surface area contributed by atoms with Crippen LogP contribution in [0.5, 0.6) is 5.75 Å². The molecule has 4 rings (SSSR count). The maximum Gasteiger partial charge on any atom is 0.174 e. The Balaban J connectivity index is 1.57. The highest BCUT2D eigenvalue weighted by atomic mass is 35.5. The highest BCUT2D eigenvalue weighted by Gasteiger charge is 2.13. The number of hydrogen-bond acceptors (Lipinski definition) is 4. The van der Waals surface area contributed by atoms with Gasteiger partial charge in [0.25, 0.3) is 0 Å². The van der Waals surface area contributed by atoms with Crippen molar-refractivity contribution in [3.63, 3.8) is 0 Å². The maximum atomic E-state index is 6.18. The first-order valence-corrected chi connectivity index (χ1v) is 9.83. The fraction of sp³-hybridized carbons (Fsp3) is 0.250. The first-order valence-electron chi connectivity index (χ1n) is 8.50. The number of nitrogens with one attached hydrogen (secondary N) is 1. The molecule has 0 aliphatic heterocycles. The minimum absolute atomic E-state index is 0.460. The Morgan fingerprint density at radius 1 is 1.23 bits per heavy atom. The standard InChI is InChI=1S/C20H19ClN2O2S/c1-12(2)9-24-18-5-3-14(21)7-13(18)8-15-4-6-19(25-15)20-22-16-10-26-11-17(16)23-20/h3-7,10-12H,8-9H2,1-2H3,(H,22,23). The predicted octanol–water partition coefficient (Wildman–Crippen LogP) is 6.16. The molecule has 3 aromatic heterocycles. The van der Waals surface area contributed by atoms with Crippen molar-refractivity contribution >= 4 is 34.0 Å². The number of ether oxygens (including phenoxy) is 1. The average molecular weight is 387 g/mol. The fourth-order valence-electron chi connectivity index (χ4n) is 2.73. The van der Waals surface area contributed by atoms with Gasteiger partial charge in [0.15, 0.2) is 11.6 Å². The highest BCUT2D eigenvalue weighted by Crippen LogP contribution is 2.29. The molecule has 6 heteroatoms. The number of benzene rings is 1. The van der Waals surface area contributed by atoms with E-state index in [-0.39, 0.29) is 0 Å². The number of aromatic nitrogens is 2. The van der Waals surface area contributed by atoms with Crippen LogP contribution in [0.15, 0.2) is 45.5 Å². The quantitative estimate of drug-likeness (QED) is 0.431. The Kier molecular flexibility index (Phi) is 4.74. The summed E-state index contributed by atoms with van der Waals surface area (Å²) >= 11 is 7.81. The molecule has 0 aliphatic carbocycles. The van der Waals surface area contributed by atoms with Crippen LogP contribution in [0.3, 0.4) is 0 Å². The predicted molar refractivity (Wildman–Crippen MR) is 106 cm³/mol. The van der Waals surface area contributed by atoms with Gasteiger partial charge in [0, 0.05) is 27.8 Å². The SMILES string of the molecule is CC(C)COc1ccc(Cl)cc1Cc1ccc(-c2nc3cscc3[nH]2)o1. The molecule has 134 valence electrons. The number of furan rings is 1. The lowest BCUT2D eigenvalue weighted by molar-refractivity contribution is 0.268. The number of H-pyrrole nitrogens is 1. The molecule has 0 fully saturated rings. The average Bonchev–Trinajstić information content (AvgIpc) is 3.28. The third-order valence-corrected chi connectivity index (χ3v) is 4.95. The van der Waals surface area contributed by atoms with Crippen LogP contribution in [-0.2, 0) is 6.42 Å². The lowest BCUT2D eigenvalue weighted by Crippen LogP contribution is -2.06. The maximum absolute atomic E-state index is 6.18. The van der Waals surface area contributed by atoms with Crippen molar-refractivity contribution in [2.45, 2.75) is 20.3 Å². The number of halogens is 1. The zero-order chi connectivity index (χ0) is 18.1. The summed E-state index contributed by atoms with van der Waals surface area (Å²) in [5.74, 6) is 3.63. The number of hydrogen-bond donors (Lipinski definition) is 1. The van der Waals surface area contributed by atoms with Crippen LogP contribution in [0.4, 0.5) is 0 Å². The smallest absolute Gasteiger partial charge is 0.174 e. The second-order valence-corrected chi connectivity index (χ2v) is 7.84.